The molecule has 1 unspecified atom stereocenters. The normalized spacial score (nSPS) is 15.9. The topological polar surface area (TPSA) is 75.6 Å². The number of para-hydroxylation sites is 1. The summed E-state index contributed by atoms with van der Waals surface area (Å²) in [6, 6.07) is 16.6. The Hall–Kier alpha value is -2.82. The molecule has 0 aromatic heterocycles. The lowest BCUT2D eigenvalue weighted by molar-refractivity contribution is -0.141. The molecule has 25 heavy (non-hydrogen) atoms. The number of rotatable bonds is 7. The minimum Gasteiger partial charge on any atom is -0.481 e. The third kappa shape index (κ3) is 4.18. The van der Waals surface area contributed by atoms with Crippen LogP contribution in [0, 0.1) is 5.92 Å². The lowest BCUT2D eigenvalue weighted by atomic mass is 10.0. The summed E-state index contributed by atoms with van der Waals surface area (Å²) < 4.78 is 5.87. The Balaban J connectivity index is 1.60. The molecule has 1 aliphatic rings. The number of nitrogens with one attached hydrogen (secondary N) is 1. The second-order valence-electron chi connectivity index (χ2n) is 6.50. The lowest BCUT2D eigenvalue weighted by Gasteiger charge is -2.18. The first-order chi connectivity index (χ1) is 12.0. The summed E-state index contributed by atoms with van der Waals surface area (Å²) in [6.45, 7) is 1.68. The molecule has 3 rings (SSSR count). The van der Waals surface area contributed by atoms with Gasteiger partial charge in [0, 0.05) is 18.5 Å². The second kappa shape index (κ2) is 6.97. The lowest BCUT2D eigenvalue weighted by Crippen LogP contribution is -2.35. The number of carboxylic acids is 1. The Morgan fingerprint density at radius 1 is 1.12 bits per heavy atom. The standard InChI is InChI=1S/C20H21NO4/c1-14(18(22)23)13-15-7-9-16(10-8-15)21-19(24)20(11-12-20)25-17-5-3-2-4-6-17/h2-10,14H,11-13H2,1H3,(H,21,24)(H,22,23). The van der Waals surface area contributed by atoms with Crippen LogP contribution in [0.15, 0.2) is 54.6 Å². The maximum Gasteiger partial charge on any atom is 0.306 e. The Kier molecular flexibility index (Phi) is 4.74. The van der Waals surface area contributed by atoms with E-state index in [-0.39, 0.29) is 5.91 Å². The Morgan fingerprint density at radius 3 is 2.32 bits per heavy atom. The summed E-state index contributed by atoms with van der Waals surface area (Å²) in [7, 11) is 0. The van der Waals surface area contributed by atoms with Crippen molar-refractivity contribution in [2.45, 2.75) is 31.8 Å². The van der Waals surface area contributed by atoms with Crippen LogP contribution in [0.5, 0.6) is 5.75 Å². The molecule has 0 spiro atoms. The van der Waals surface area contributed by atoms with Gasteiger partial charge in [0.2, 0.25) is 0 Å². The van der Waals surface area contributed by atoms with E-state index in [1.807, 2.05) is 42.5 Å². The van der Waals surface area contributed by atoms with E-state index >= 15 is 0 Å². The van der Waals surface area contributed by atoms with E-state index in [4.69, 9.17) is 9.84 Å². The molecule has 2 aromatic carbocycles. The number of aliphatic carboxylic acids is 1. The molecular weight excluding hydrogens is 318 g/mol. The molecule has 1 aliphatic carbocycles. The first-order valence-corrected chi connectivity index (χ1v) is 8.36. The fourth-order valence-electron chi connectivity index (χ4n) is 2.61. The van der Waals surface area contributed by atoms with Gasteiger partial charge in [0.05, 0.1) is 5.92 Å². The maximum atomic E-state index is 12.5. The van der Waals surface area contributed by atoms with Gasteiger partial charge in [-0.2, -0.15) is 0 Å². The van der Waals surface area contributed by atoms with Crippen molar-refractivity contribution in [3.8, 4) is 5.75 Å². The molecule has 130 valence electrons. The average Bonchev–Trinajstić information content (AvgIpc) is 3.38. The summed E-state index contributed by atoms with van der Waals surface area (Å²) in [5.74, 6) is -0.711. The van der Waals surface area contributed by atoms with Crippen LogP contribution in [0.3, 0.4) is 0 Å². The zero-order valence-corrected chi connectivity index (χ0v) is 14.1. The highest BCUT2D eigenvalue weighted by Crippen LogP contribution is 2.41. The van der Waals surface area contributed by atoms with E-state index in [1.165, 1.54) is 0 Å². The Bertz CT molecular complexity index is 751. The first kappa shape index (κ1) is 17.0. The van der Waals surface area contributed by atoms with Gasteiger partial charge in [0.1, 0.15) is 5.75 Å². The predicted molar refractivity (Wildman–Crippen MR) is 94.6 cm³/mol. The number of hydrogen-bond acceptors (Lipinski definition) is 3. The van der Waals surface area contributed by atoms with Crippen molar-refractivity contribution in [1.29, 1.82) is 0 Å². The molecule has 1 saturated carbocycles. The largest absolute Gasteiger partial charge is 0.481 e. The third-order valence-electron chi connectivity index (χ3n) is 4.35. The average molecular weight is 339 g/mol. The van der Waals surface area contributed by atoms with Gasteiger partial charge in [0.25, 0.3) is 5.91 Å². The van der Waals surface area contributed by atoms with Gasteiger partial charge in [0.15, 0.2) is 5.60 Å². The third-order valence-corrected chi connectivity index (χ3v) is 4.35. The molecule has 5 heteroatoms. The Morgan fingerprint density at radius 2 is 1.76 bits per heavy atom. The van der Waals surface area contributed by atoms with Gasteiger partial charge < -0.3 is 15.2 Å². The molecule has 0 aliphatic heterocycles. The molecule has 0 radical (unpaired) electrons. The van der Waals surface area contributed by atoms with Crippen LogP contribution in [0.1, 0.15) is 25.3 Å². The van der Waals surface area contributed by atoms with E-state index in [1.54, 1.807) is 19.1 Å². The van der Waals surface area contributed by atoms with Gasteiger partial charge in [-0.05, 0) is 36.2 Å². The number of amides is 1. The van der Waals surface area contributed by atoms with Crippen LogP contribution >= 0.6 is 0 Å². The van der Waals surface area contributed by atoms with Crippen molar-refractivity contribution in [1.82, 2.24) is 0 Å². The predicted octanol–water partition coefficient (Wildman–Crippen LogP) is 3.50. The highest BCUT2D eigenvalue weighted by atomic mass is 16.5. The van der Waals surface area contributed by atoms with Gasteiger partial charge >= 0.3 is 5.97 Å². The fraction of sp³-hybridized carbons (Fsp3) is 0.300. The number of carbonyl (C=O) groups is 2. The molecule has 2 aromatic rings. The molecule has 0 saturated heterocycles. The summed E-state index contributed by atoms with van der Waals surface area (Å²) in [4.78, 5) is 23.5. The summed E-state index contributed by atoms with van der Waals surface area (Å²) in [5, 5.41) is 11.9. The fourth-order valence-corrected chi connectivity index (χ4v) is 2.61. The minimum atomic E-state index is -0.814. The Labute approximate surface area is 146 Å². The molecule has 1 amide bonds. The first-order valence-electron chi connectivity index (χ1n) is 8.36. The molecular formula is C20H21NO4. The minimum absolute atomic E-state index is 0.150. The molecule has 0 bridgehead atoms. The van der Waals surface area contributed by atoms with Crippen LogP contribution in [0.25, 0.3) is 0 Å². The number of carbonyl (C=O) groups excluding carboxylic acids is 1. The van der Waals surface area contributed by atoms with Crippen molar-refractivity contribution >= 4 is 17.6 Å². The van der Waals surface area contributed by atoms with E-state index in [0.29, 0.717) is 30.7 Å². The zero-order valence-electron chi connectivity index (χ0n) is 14.1. The smallest absolute Gasteiger partial charge is 0.306 e. The molecule has 1 atom stereocenters. The highest BCUT2D eigenvalue weighted by molar-refractivity contribution is 5.99. The van der Waals surface area contributed by atoms with Crippen molar-refractivity contribution in [2.75, 3.05) is 5.32 Å². The van der Waals surface area contributed by atoms with Crippen molar-refractivity contribution < 1.29 is 19.4 Å². The van der Waals surface area contributed by atoms with Crippen molar-refractivity contribution in [3.63, 3.8) is 0 Å². The molecule has 1 fully saturated rings. The van der Waals surface area contributed by atoms with Gasteiger partial charge in [-0.3, -0.25) is 9.59 Å². The van der Waals surface area contributed by atoms with Crippen molar-refractivity contribution in [3.05, 3.63) is 60.2 Å². The molecule has 0 heterocycles. The van der Waals surface area contributed by atoms with Crippen LogP contribution in [0.4, 0.5) is 5.69 Å². The summed E-state index contributed by atoms with van der Waals surface area (Å²) in [6.07, 6.45) is 1.86. The molecule has 5 nitrogen and oxygen atoms in total. The number of carboxylic acid groups (broad SMARTS) is 1. The summed E-state index contributed by atoms with van der Waals surface area (Å²) >= 11 is 0. The van der Waals surface area contributed by atoms with E-state index < -0.39 is 17.5 Å². The zero-order chi connectivity index (χ0) is 17.9. The number of anilines is 1. The quantitative estimate of drug-likeness (QED) is 0.809. The second-order valence-corrected chi connectivity index (χ2v) is 6.50. The van der Waals surface area contributed by atoms with Gasteiger partial charge in [-0.1, -0.05) is 37.3 Å². The highest BCUT2D eigenvalue weighted by Gasteiger charge is 2.53. The van der Waals surface area contributed by atoms with E-state index in [9.17, 15) is 9.59 Å². The van der Waals surface area contributed by atoms with Crippen molar-refractivity contribution in [2.24, 2.45) is 5.92 Å². The van der Waals surface area contributed by atoms with E-state index in [2.05, 4.69) is 5.32 Å². The van der Waals surface area contributed by atoms with Crippen LogP contribution in [-0.4, -0.2) is 22.6 Å². The maximum absolute atomic E-state index is 12.5. The number of benzene rings is 2. The van der Waals surface area contributed by atoms with Crippen LogP contribution < -0.4 is 10.1 Å². The summed E-state index contributed by atoms with van der Waals surface area (Å²) in [5.41, 5.74) is 0.826. The van der Waals surface area contributed by atoms with Gasteiger partial charge in [-0.25, -0.2) is 0 Å². The van der Waals surface area contributed by atoms with Crippen LogP contribution in [0.2, 0.25) is 0 Å². The van der Waals surface area contributed by atoms with Gasteiger partial charge in [-0.15, -0.1) is 0 Å². The monoisotopic (exact) mass is 339 g/mol. The number of hydrogen-bond donors (Lipinski definition) is 2. The molecule has 2 N–H and O–H groups in total. The van der Waals surface area contributed by atoms with Crippen LogP contribution in [-0.2, 0) is 16.0 Å². The number of ether oxygens (including phenoxy) is 1. The SMILES string of the molecule is CC(Cc1ccc(NC(=O)C2(Oc3ccccc3)CC2)cc1)C(=O)O. The van der Waals surface area contributed by atoms with E-state index in [0.717, 1.165) is 5.56 Å².